The molecule has 0 bridgehead atoms. The van der Waals surface area contributed by atoms with Crippen LogP contribution in [0.3, 0.4) is 0 Å². The zero-order valence-corrected chi connectivity index (χ0v) is 9.41. The first-order valence-corrected chi connectivity index (χ1v) is 5.40. The summed E-state index contributed by atoms with van der Waals surface area (Å²) in [4.78, 5) is 0. The van der Waals surface area contributed by atoms with E-state index in [1.165, 1.54) is 12.1 Å². The first kappa shape index (κ1) is 12.5. The molecule has 2 rings (SSSR count). The molecule has 0 atom stereocenters. The third-order valence-corrected chi connectivity index (χ3v) is 2.68. The van der Waals surface area contributed by atoms with Gasteiger partial charge in [-0.3, -0.25) is 0 Å². The maximum atomic E-state index is 12.8. The quantitative estimate of drug-likeness (QED) is 0.856. The highest BCUT2D eigenvalue weighted by Crippen LogP contribution is 2.36. The van der Waals surface area contributed by atoms with Gasteiger partial charge in [0, 0.05) is 12.0 Å². The van der Waals surface area contributed by atoms with Crippen LogP contribution in [-0.2, 0) is 12.6 Å². The van der Waals surface area contributed by atoms with Gasteiger partial charge in [0.15, 0.2) is 0 Å². The Kier molecular flexibility index (Phi) is 3.28. The summed E-state index contributed by atoms with van der Waals surface area (Å²) in [5.74, 6) is -0.325. The molecule has 0 saturated carbocycles. The molecule has 0 spiro atoms. The number of rotatable bonds is 2. The van der Waals surface area contributed by atoms with Crippen LogP contribution in [0.25, 0.3) is 0 Å². The number of benzene rings is 2. The molecule has 94 valence electrons. The lowest BCUT2D eigenvalue weighted by atomic mass is 9.98. The summed E-state index contributed by atoms with van der Waals surface area (Å²) < 4.78 is 38.5. The van der Waals surface area contributed by atoms with E-state index in [2.05, 4.69) is 0 Å². The van der Waals surface area contributed by atoms with Crippen molar-refractivity contribution in [3.8, 4) is 5.75 Å². The number of halogens is 3. The Morgan fingerprint density at radius 2 is 1.56 bits per heavy atom. The predicted octanol–water partition coefficient (Wildman–Crippen LogP) is 4.00. The van der Waals surface area contributed by atoms with Crippen molar-refractivity contribution in [2.75, 3.05) is 0 Å². The van der Waals surface area contributed by atoms with E-state index >= 15 is 0 Å². The molecular formula is C14H11F3O. The van der Waals surface area contributed by atoms with Gasteiger partial charge in [-0.05, 0) is 17.7 Å². The fourth-order valence-electron chi connectivity index (χ4n) is 1.83. The summed E-state index contributed by atoms with van der Waals surface area (Å²) in [6.45, 7) is 0. The number of alkyl halides is 3. The molecule has 2 aromatic rings. The van der Waals surface area contributed by atoms with Gasteiger partial charge in [-0.1, -0.05) is 36.4 Å². The molecule has 0 saturated heterocycles. The van der Waals surface area contributed by atoms with Gasteiger partial charge in [0.1, 0.15) is 5.75 Å². The fourth-order valence-corrected chi connectivity index (χ4v) is 1.83. The third kappa shape index (κ3) is 2.64. The van der Waals surface area contributed by atoms with Crippen LogP contribution in [0.4, 0.5) is 13.2 Å². The Labute approximate surface area is 103 Å². The van der Waals surface area contributed by atoms with Crippen molar-refractivity contribution in [2.45, 2.75) is 12.6 Å². The SMILES string of the molecule is Oc1cccc(C(F)(F)F)c1Cc1ccccc1. The second-order valence-electron chi connectivity index (χ2n) is 3.96. The number of hydrogen-bond donors (Lipinski definition) is 1. The Morgan fingerprint density at radius 3 is 2.17 bits per heavy atom. The van der Waals surface area contributed by atoms with E-state index in [9.17, 15) is 18.3 Å². The van der Waals surface area contributed by atoms with E-state index in [0.717, 1.165) is 11.6 Å². The van der Waals surface area contributed by atoms with Gasteiger partial charge in [0.05, 0.1) is 5.56 Å². The number of phenolic OH excluding ortho intramolecular Hbond substituents is 1. The molecule has 0 aromatic heterocycles. The molecule has 0 fully saturated rings. The van der Waals surface area contributed by atoms with Crippen LogP contribution in [-0.4, -0.2) is 5.11 Å². The highest BCUT2D eigenvalue weighted by atomic mass is 19.4. The van der Waals surface area contributed by atoms with Crippen LogP contribution >= 0.6 is 0 Å². The minimum Gasteiger partial charge on any atom is -0.508 e. The Morgan fingerprint density at radius 1 is 0.889 bits per heavy atom. The molecule has 0 aliphatic rings. The van der Waals surface area contributed by atoms with Gasteiger partial charge in [-0.25, -0.2) is 0 Å². The molecule has 0 heterocycles. The van der Waals surface area contributed by atoms with Gasteiger partial charge in [-0.15, -0.1) is 0 Å². The van der Waals surface area contributed by atoms with E-state index in [1.54, 1.807) is 30.3 Å². The minimum atomic E-state index is -4.46. The largest absolute Gasteiger partial charge is 0.508 e. The van der Waals surface area contributed by atoms with Crippen LogP contribution < -0.4 is 0 Å². The van der Waals surface area contributed by atoms with Crippen LogP contribution in [0, 0.1) is 0 Å². The first-order valence-electron chi connectivity index (χ1n) is 5.40. The maximum absolute atomic E-state index is 12.8. The smallest absolute Gasteiger partial charge is 0.416 e. The normalized spacial score (nSPS) is 11.5. The van der Waals surface area contributed by atoms with Crippen LogP contribution in [0.1, 0.15) is 16.7 Å². The molecule has 2 aromatic carbocycles. The molecule has 18 heavy (non-hydrogen) atoms. The molecule has 1 N–H and O–H groups in total. The minimum absolute atomic E-state index is 0.0579. The number of aromatic hydroxyl groups is 1. The molecular weight excluding hydrogens is 241 g/mol. The zero-order chi connectivity index (χ0) is 13.2. The van der Waals surface area contributed by atoms with Crippen molar-refractivity contribution < 1.29 is 18.3 Å². The van der Waals surface area contributed by atoms with E-state index in [1.807, 2.05) is 0 Å². The Bertz CT molecular complexity index is 532. The predicted molar refractivity (Wildman–Crippen MR) is 62.4 cm³/mol. The van der Waals surface area contributed by atoms with Crippen molar-refractivity contribution >= 4 is 0 Å². The molecule has 0 aliphatic heterocycles. The number of hydrogen-bond acceptors (Lipinski definition) is 1. The lowest BCUT2D eigenvalue weighted by molar-refractivity contribution is -0.138. The van der Waals surface area contributed by atoms with Crippen LogP contribution in [0.2, 0.25) is 0 Å². The summed E-state index contributed by atoms with van der Waals surface area (Å²) in [6, 6.07) is 12.2. The van der Waals surface area contributed by atoms with Crippen LogP contribution in [0.15, 0.2) is 48.5 Å². The topological polar surface area (TPSA) is 20.2 Å². The van der Waals surface area contributed by atoms with Crippen molar-refractivity contribution in [3.05, 3.63) is 65.2 Å². The lowest BCUT2D eigenvalue weighted by Gasteiger charge is -2.14. The van der Waals surface area contributed by atoms with Gasteiger partial charge >= 0.3 is 6.18 Å². The van der Waals surface area contributed by atoms with Gasteiger partial charge in [0.2, 0.25) is 0 Å². The van der Waals surface area contributed by atoms with Gasteiger partial charge < -0.3 is 5.11 Å². The number of phenols is 1. The maximum Gasteiger partial charge on any atom is 0.416 e. The summed E-state index contributed by atoms with van der Waals surface area (Å²) in [5.41, 5.74) is -0.146. The molecule has 0 radical (unpaired) electrons. The Hall–Kier alpha value is -1.97. The standard InChI is InChI=1S/C14H11F3O/c15-14(16,17)12-7-4-8-13(18)11(12)9-10-5-2-1-3-6-10/h1-8,18H,9H2. The van der Waals surface area contributed by atoms with Crippen molar-refractivity contribution in [2.24, 2.45) is 0 Å². The fraction of sp³-hybridized carbons (Fsp3) is 0.143. The molecule has 0 aliphatic carbocycles. The van der Waals surface area contributed by atoms with Gasteiger partial charge in [0.25, 0.3) is 0 Å². The van der Waals surface area contributed by atoms with Crippen molar-refractivity contribution in [1.82, 2.24) is 0 Å². The monoisotopic (exact) mass is 252 g/mol. The lowest BCUT2D eigenvalue weighted by Crippen LogP contribution is -2.09. The molecule has 0 amide bonds. The van der Waals surface area contributed by atoms with Gasteiger partial charge in [-0.2, -0.15) is 13.2 Å². The highest BCUT2D eigenvalue weighted by molar-refractivity contribution is 5.43. The highest BCUT2D eigenvalue weighted by Gasteiger charge is 2.34. The Balaban J connectivity index is 2.44. The first-order chi connectivity index (χ1) is 8.48. The summed E-state index contributed by atoms with van der Waals surface area (Å²) >= 11 is 0. The average molecular weight is 252 g/mol. The van der Waals surface area contributed by atoms with E-state index in [4.69, 9.17) is 0 Å². The molecule has 4 heteroatoms. The summed E-state index contributed by atoms with van der Waals surface area (Å²) in [6.07, 6.45) is -4.40. The summed E-state index contributed by atoms with van der Waals surface area (Å²) in [5, 5.41) is 9.62. The second kappa shape index (κ2) is 4.72. The zero-order valence-electron chi connectivity index (χ0n) is 9.41. The van der Waals surface area contributed by atoms with E-state index < -0.39 is 11.7 Å². The second-order valence-corrected chi connectivity index (χ2v) is 3.96. The van der Waals surface area contributed by atoms with E-state index in [0.29, 0.717) is 0 Å². The molecule has 1 nitrogen and oxygen atoms in total. The van der Waals surface area contributed by atoms with E-state index in [-0.39, 0.29) is 17.7 Å². The average Bonchev–Trinajstić information content (AvgIpc) is 2.32. The summed E-state index contributed by atoms with van der Waals surface area (Å²) in [7, 11) is 0. The molecule has 0 unspecified atom stereocenters. The van der Waals surface area contributed by atoms with Crippen LogP contribution in [0.5, 0.6) is 5.75 Å². The van der Waals surface area contributed by atoms with Crippen molar-refractivity contribution in [1.29, 1.82) is 0 Å². The van der Waals surface area contributed by atoms with Crippen molar-refractivity contribution in [3.63, 3.8) is 0 Å². The third-order valence-electron chi connectivity index (χ3n) is 2.68.